The molecule has 0 N–H and O–H groups in total. The summed E-state index contributed by atoms with van der Waals surface area (Å²) in [4.78, 5) is 0. The Morgan fingerprint density at radius 3 is 1.47 bits per heavy atom. The normalized spacial score (nSPS) is 13.4. The summed E-state index contributed by atoms with van der Waals surface area (Å²) >= 11 is 0. The van der Waals surface area contributed by atoms with Gasteiger partial charge in [0.05, 0.1) is 5.41 Å². The van der Waals surface area contributed by atoms with Crippen molar-refractivity contribution in [1.82, 2.24) is 0 Å². The Balaban J connectivity index is 0.978. The third-order valence-electron chi connectivity index (χ3n) is 14.8. The molecular formula is C63H36O. The molecule has 1 nitrogen and oxygen atoms in total. The molecule has 0 bridgehead atoms. The molecule has 1 spiro atoms. The molecule has 2 aliphatic rings. The lowest BCUT2D eigenvalue weighted by atomic mass is 9.69. The minimum absolute atomic E-state index is 0.446. The highest BCUT2D eigenvalue weighted by Crippen LogP contribution is 2.64. The lowest BCUT2D eigenvalue weighted by molar-refractivity contribution is 0.669. The standard InChI is InChI=1S/C63H36O/c1-2-15-39-36-59-54(33-38(39)14-1)53-34-42(28-30-58(53)64-59)61-49-21-7-5-19-47(49)60(48-20-6-8-22-50(48)61)41-26-25-40-32-52-51-29-27-37-13-3-4-16-44(37)62(51)63(57(52)35-43(40)31-41)55-23-11-9-17-45(55)46-18-10-12-24-56(46)63/h1-36H. The van der Waals surface area contributed by atoms with Gasteiger partial charge in [-0.3, -0.25) is 0 Å². The van der Waals surface area contributed by atoms with Crippen LogP contribution in [0.1, 0.15) is 22.3 Å². The topological polar surface area (TPSA) is 13.1 Å². The van der Waals surface area contributed by atoms with E-state index in [1.165, 1.54) is 121 Å². The number of hydrogen-bond donors (Lipinski definition) is 0. The fraction of sp³-hybridized carbons (Fsp3) is 0.0159. The average molecular weight is 809 g/mol. The summed E-state index contributed by atoms with van der Waals surface area (Å²) in [6.07, 6.45) is 0. The number of fused-ring (bicyclic) bond motifs is 19. The summed E-state index contributed by atoms with van der Waals surface area (Å²) < 4.78 is 6.47. The summed E-state index contributed by atoms with van der Waals surface area (Å²) in [5, 5.41) is 14.7. The second-order valence-electron chi connectivity index (χ2n) is 17.9. The molecule has 0 unspecified atom stereocenters. The summed E-state index contributed by atoms with van der Waals surface area (Å²) in [6, 6.07) is 81.8. The second kappa shape index (κ2) is 12.4. The summed E-state index contributed by atoms with van der Waals surface area (Å²) in [6.45, 7) is 0. The molecular weight excluding hydrogens is 773 g/mol. The van der Waals surface area contributed by atoms with Crippen molar-refractivity contribution in [1.29, 1.82) is 0 Å². The number of rotatable bonds is 2. The largest absolute Gasteiger partial charge is 0.456 e. The lowest BCUT2D eigenvalue weighted by Crippen LogP contribution is -2.26. The molecule has 13 aromatic rings. The van der Waals surface area contributed by atoms with Gasteiger partial charge in [-0.15, -0.1) is 0 Å². The summed E-state index contributed by atoms with van der Waals surface area (Å²) in [5.74, 6) is 0. The van der Waals surface area contributed by atoms with Crippen molar-refractivity contribution in [2.45, 2.75) is 5.41 Å². The average Bonchev–Trinajstić information content (AvgIpc) is 3.97. The van der Waals surface area contributed by atoms with Crippen LogP contribution in [0, 0.1) is 0 Å². The molecule has 294 valence electrons. The van der Waals surface area contributed by atoms with Crippen molar-refractivity contribution in [3.8, 4) is 44.5 Å². The van der Waals surface area contributed by atoms with Crippen molar-refractivity contribution in [3.63, 3.8) is 0 Å². The number of furan rings is 1. The van der Waals surface area contributed by atoms with E-state index in [9.17, 15) is 0 Å². The Morgan fingerprint density at radius 1 is 0.266 bits per heavy atom. The van der Waals surface area contributed by atoms with Gasteiger partial charge in [-0.2, -0.15) is 0 Å². The highest BCUT2D eigenvalue weighted by atomic mass is 16.3. The van der Waals surface area contributed by atoms with E-state index in [4.69, 9.17) is 4.42 Å². The van der Waals surface area contributed by atoms with Crippen molar-refractivity contribution in [2.75, 3.05) is 0 Å². The van der Waals surface area contributed by atoms with Crippen LogP contribution in [0.5, 0.6) is 0 Å². The molecule has 0 aliphatic heterocycles. The van der Waals surface area contributed by atoms with E-state index >= 15 is 0 Å². The van der Waals surface area contributed by atoms with E-state index in [0.717, 1.165) is 21.9 Å². The zero-order chi connectivity index (χ0) is 41.7. The van der Waals surface area contributed by atoms with Gasteiger partial charge < -0.3 is 4.42 Å². The minimum Gasteiger partial charge on any atom is -0.456 e. The SMILES string of the molecule is c1ccc2c(c1)-c1ccccc1C21c2cc3cc(-c4c5ccccc5c(-c5ccc6oc7cc8ccccc8cc7c6c5)c5ccccc45)ccc3cc2-c2ccc3ccccc3c21. The van der Waals surface area contributed by atoms with Crippen LogP contribution in [0.4, 0.5) is 0 Å². The Labute approximate surface area is 369 Å². The molecule has 12 aromatic carbocycles. The molecule has 1 aromatic heterocycles. The van der Waals surface area contributed by atoms with E-state index in [1.807, 2.05) is 0 Å². The first-order chi connectivity index (χ1) is 31.7. The Hall–Kier alpha value is -8.26. The fourth-order valence-corrected chi connectivity index (χ4v) is 12.2. The van der Waals surface area contributed by atoms with E-state index in [0.29, 0.717) is 0 Å². The maximum Gasteiger partial charge on any atom is 0.136 e. The van der Waals surface area contributed by atoms with Crippen LogP contribution in [-0.4, -0.2) is 0 Å². The van der Waals surface area contributed by atoms with Gasteiger partial charge in [0.2, 0.25) is 0 Å². The molecule has 0 fully saturated rings. The number of hydrogen-bond acceptors (Lipinski definition) is 1. The molecule has 0 atom stereocenters. The molecule has 15 rings (SSSR count). The van der Waals surface area contributed by atoms with Gasteiger partial charge in [-0.1, -0.05) is 176 Å². The van der Waals surface area contributed by atoms with Crippen molar-refractivity contribution < 1.29 is 4.42 Å². The van der Waals surface area contributed by atoms with E-state index in [1.54, 1.807) is 0 Å². The van der Waals surface area contributed by atoms with E-state index < -0.39 is 5.41 Å². The first-order valence-electron chi connectivity index (χ1n) is 22.3. The van der Waals surface area contributed by atoms with Crippen LogP contribution in [0.25, 0.3) is 120 Å². The molecule has 1 heterocycles. The molecule has 0 radical (unpaired) electrons. The molecule has 2 aliphatic carbocycles. The quantitative estimate of drug-likeness (QED) is 0.159. The zero-order valence-electron chi connectivity index (χ0n) is 34.7. The molecule has 64 heavy (non-hydrogen) atoms. The number of benzene rings is 12. The van der Waals surface area contributed by atoms with Crippen LogP contribution in [0.2, 0.25) is 0 Å². The van der Waals surface area contributed by atoms with Gasteiger partial charge >= 0.3 is 0 Å². The highest BCUT2D eigenvalue weighted by molar-refractivity contribution is 6.23. The van der Waals surface area contributed by atoms with Gasteiger partial charge in [0.1, 0.15) is 11.2 Å². The van der Waals surface area contributed by atoms with Gasteiger partial charge in [0, 0.05) is 10.8 Å². The van der Waals surface area contributed by atoms with Gasteiger partial charge in [0.15, 0.2) is 0 Å². The second-order valence-corrected chi connectivity index (χ2v) is 17.9. The van der Waals surface area contributed by atoms with Crippen LogP contribution in [0.15, 0.2) is 223 Å². The Morgan fingerprint density at radius 2 is 0.781 bits per heavy atom. The minimum atomic E-state index is -0.446. The fourth-order valence-electron chi connectivity index (χ4n) is 12.2. The molecule has 0 amide bonds. The zero-order valence-corrected chi connectivity index (χ0v) is 34.7. The Bertz CT molecular complexity index is 4100. The third kappa shape index (κ3) is 4.38. The predicted octanol–water partition coefficient (Wildman–Crippen LogP) is 17.0. The van der Waals surface area contributed by atoms with Crippen LogP contribution in [-0.2, 0) is 5.41 Å². The lowest BCUT2D eigenvalue weighted by Gasteiger charge is -2.31. The first-order valence-corrected chi connectivity index (χ1v) is 22.3. The smallest absolute Gasteiger partial charge is 0.136 e. The van der Waals surface area contributed by atoms with Crippen LogP contribution >= 0.6 is 0 Å². The molecule has 1 heteroatoms. The predicted molar refractivity (Wildman–Crippen MR) is 268 cm³/mol. The van der Waals surface area contributed by atoms with Crippen LogP contribution < -0.4 is 0 Å². The summed E-state index contributed by atoms with van der Waals surface area (Å²) in [5.41, 5.74) is 17.1. The van der Waals surface area contributed by atoms with Crippen LogP contribution in [0.3, 0.4) is 0 Å². The molecule has 0 saturated carbocycles. The van der Waals surface area contributed by atoms with E-state index in [-0.39, 0.29) is 0 Å². The molecule has 0 saturated heterocycles. The monoisotopic (exact) mass is 808 g/mol. The first kappa shape index (κ1) is 34.3. The van der Waals surface area contributed by atoms with Gasteiger partial charge in [-0.25, -0.2) is 0 Å². The van der Waals surface area contributed by atoms with Crippen molar-refractivity contribution >= 4 is 75.8 Å². The maximum absolute atomic E-state index is 6.47. The third-order valence-corrected chi connectivity index (χ3v) is 14.8. The maximum atomic E-state index is 6.47. The summed E-state index contributed by atoms with van der Waals surface area (Å²) in [7, 11) is 0. The Kier molecular flexibility index (Phi) is 6.67. The van der Waals surface area contributed by atoms with Gasteiger partial charge in [-0.05, 0) is 163 Å². The highest BCUT2D eigenvalue weighted by Gasteiger charge is 2.52. The van der Waals surface area contributed by atoms with Crippen molar-refractivity contribution in [3.05, 3.63) is 241 Å². The van der Waals surface area contributed by atoms with E-state index in [2.05, 4.69) is 218 Å². The van der Waals surface area contributed by atoms with Crippen molar-refractivity contribution in [2.24, 2.45) is 0 Å². The van der Waals surface area contributed by atoms with Gasteiger partial charge in [0.25, 0.3) is 0 Å².